The third kappa shape index (κ3) is 4.04. The van der Waals surface area contributed by atoms with Gasteiger partial charge < -0.3 is 10.1 Å². The van der Waals surface area contributed by atoms with Gasteiger partial charge in [0.1, 0.15) is 5.88 Å². The lowest BCUT2D eigenvalue weighted by Gasteiger charge is -2.19. The monoisotopic (exact) mass is 269 g/mol. The molecule has 1 aromatic rings. The zero-order chi connectivity index (χ0) is 13.5. The Morgan fingerprint density at radius 3 is 2.61 bits per heavy atom. The quantitative estimate of drug-likeness (QED) is 0.657. The van der Waals surface area contributed by atoms with E-state index in [0.717, 1.165) is 11.1 Å². The van der Waals surface area contributed by atoms with Crippen molar-refractivity contribution < 1.29 is 14.3 Å². The van der Waals surface area contributed by atoms with E-state index < -0.39 is 6.04 Å². The fourth-order valence-electron chi connectivity index (χ4n) is 1.70. The van der Waals surface area contributed by atoms with E-state index in [-0.39, 0.29) is 24.2 Å². The molecule has 18 heavy (non-hydrogen) atoms. The van der Waals surface area contributed by atoms with Crippen LogP contribution in [0.2, 0.25) is 0 Å². The molecule has 1 N–H and O–H groups in total. The summed E-state index contributed by atoms with van der Waals surface area (Å²) in [6.45, 7) is 1.92. The Morgan fingerprint density at radius 1 is 1.39 bits per heavy atom. The molecule has 0 spiro atoms. The number of methoxy groups -OCH3 is 1. The standard InChI is InChI=1S/C13H16ClNO3/c1-9-5-3-4-6-10(9)11(7-13(17)18-2)15-12(16)8-14/h3-6,11H,7-8H2,1-2H3,(H,15,16)/t11-/m1/s1. The maximum absolute atomic E-state index is 11.4. The molecule has 1 amide bonds. The lowest BCUT2D eigenvalue weighted by atomic mass is 9.99. The van der Waals surface area contributed by atoms with Crippen LogP contribution in [0.5, 0.6) is 0 Å². The summed E-state index contributed by atoms with van der Waals surface area (Å²) in [5, 5.41) is 2.72. The van der Waals surface area contributed by atoms with Gasteiger partial charge in [0.05, 0.1) is 19.6 Å². The topological polar surface area (TPSA) is 55.4 Å². The second-order valence-electron chi connectivity index (χ2n) is 3.89. The van der Waals surface area contributed by atoms with Crippen LogP contribution >= 0.6 is 11.6 Å². The molecule has 0 aliphatic heterocycles. The molecule has 0 heterocycles. The minimum Gasteiger partial charge on any atom is -0.469 e. The maximum atomic E-state index is 11.4. The number of hydrogen-bond donors (Lipinski definition) is 1. The van der Waals surface area contributed by atoms with Gasteiger partial charge in [0, 0.05) is 0 Å². The van der Waals surface area contributed by atoms with E-state index in [4.69, 9.17) is 11.6 Å². The number of carbonyl (C=O) groups excluding carboxylic acids is 2. The molecule has 0 radical (unpaired) electrons. The van der Waals surface area contributed by atoms with Crippen LogP contribution < -0.4 is 5.32 Å². The average molecular weight is 270 g/mol. The number of alkyl halides is 1. The van der Waals surface area contributed by atoms with Crippen LogP contribution in [0.25, 0.3) is 0 Å². The van der Waals surface area contributed by atoms with E-state index in [1.807, 2.05) is 31.2 Å². The van der Waals surface area contributed by atoms with Crippen molar-refractivity contribution in [1.29, 1.82) is 0 Å². The van der Waals surface area contributed by atoms with Gasteiger partial charge in [-0.1, -0.05) is 24.3 Å². The van der Waals surface area contributed by atoms with Crippen molar-refractivity contribution in [2.24, 2.45) is 0 Å². The van der Waals surface area contributed by atoms with Gasteiger partial charge in [-0.25, -0.2) is 0 Å². The molecule has 0 fully saturated rings. The molecule has 4 nitrogen and oxygen atoms in total. The number of nitrogens with one attached hydrogen (secondary N) is 1. The van der Waals surface area contributed by atoms with Gasteiger partial charge in [-0.3, -0.25) is 9.59 Å². The third-order valence-corrected chi connectivity index (χ3v) is 2.86. The minimum atomic E-state index is -0.412. The first-order valence-corrected chi connectivity index (χ1v) is 6.09. The van der Waals surface area contributed by atoms with Crippen molar-refractivity contribution in [2.75, 3.05) is 13.0 Å². The van der Waals surface area contributed by atoms with Crippen LogP contribution in [0.1, 0.15) is 23.6 Å². The summed E-state index contributed by atoms with van der Waals surface area (Å²) >= 11 is 5.47. The third-order valence-electron chi connectivity index (χ3n) is 2.62. The van der Waals surface area contributed by atoms with E-state index in [1.165, 1.54) is 7.11 Å². The Bertz CT molecular complexity index is 416. The Balaban J connectivity index is 2.93. The molecule has 98 valence electrons. The van der Waals surface area contributed by atoms with E-state index in [1.54, 1.807) is 0 Å². The molecular weight excluding hydrogens is 254 g/mol. The van der Waals surface area contributed by atoms with Crippen molar-refractivity contribution in [2.45, 2.75) is 19.4 Å². The number of halogens is 1. The summed E-state index contributed by atoms with van der Waals surface area (Å²) in [4.78, 5) is 22.8. The normalized spacial score (nSPS) is 11.7. The van der Waals surface area contributed by atoms with Gasteiger partial charge in [0.2, 0.25) is 5.91 Å². The Morgan fingerprint density at radius 2 is 2.06 bits per heavy atom. The molecule has 1 atom stereocenters. The van der Waals surface area contributed by atoms with Crippen LogP contribution in [-0.4, -0.2) is 24.9 Å². The first-order valence-electron chi connectivity index (χ1n) is 5.56. The molecular formula is C13H16ClNO3. The van der Waals surface area contributed by atoms with Crippen LogP contribution in [-0.2, 0) is 14.3 Å². The van der Waals surface area contributed by atoms with Crippen molar-refractivity contribution >= 4 is 23.5 Å². The smallest absolute Gasteiger partial charge is 0.307 e. The summed E-state index contributed by atoms with van der Waals surface area (Å²) in [5.41, 5.74) is 1.89. The van der Waals surface area contributed by atoms with Gasteiger partial charge in [-0.15, -0.1) is 11.6 Å². The molecule has 0 saturated carbocycles. The number of benzene rings is 1. The minimum absolute atomic E-state index is 0.0873. The zero-order valence-electron chi connectivity index (χ0n) is 10.4. The zero-order valence-corrected chi connectivity index (χ0v) is 11.2. The summed E-state index contributed by atoms with van der Waals surface area (Å²) in [6.07, 6.45) is 0.0873. The van der Waals surface area contributed by atoms with E-state index >= 15 is 0 Å². The fourth-order valence-corrected chi connectivity index (χ4v) is 1.78. The number of rotatable bonds is 5. The highest BCUT2D eigenvalue weighted by molar-refractivity contribution is 6.27. The number of ether oxygens (including phenoxy) is 1. The first-order chi connectivity index (χ1) is 8.58. The highest BCUT2D eigenvalue weighted by Crippen LogP contribution is 2.21. The van der Waals surface area contributed by atoms with Crippen LogP contribution in [0.3, 0.4) is 0 Å². The molecule has 0 unspecified atom stereocenters. The van der Waals surface area contributed by atoms with Crippen LogP contribution in [0, 0.1) is 6.92 Å². The molecule has 0 saturated heterocycles. The second kappa shape index (κ2) is 7.01. The molecule has 0 aliphatic carbocycles. The SMILES string of the molecule is COC(=O)C[C@@H](NC(=O)CCl)c1ccccc1C. The number of amides is 1. The second-order valence-corrected chi connectivity index (χ2v) is 4.16. The van der Waals surface area contributed by atoms with Crippen molar-refractivity contribution in [1.82, 2.24) is 5.32 Å². The Labute approximate surface area is 111 Å². The van der Waals surface area contributed by atoms with Gasteiger partial charge in [0.25, 0.3) is 0 Å². The molecule has 5 heteroatoms. The lowest BCUT2D eigenvalue weighted by molar-refractivity contribution is -0.141. The van der Waals surface area contributed by atoms with Gasteiger partial charge >= 0.3 is 5.97 Å². The number of esters is 1. The van der Waals surface area contributed by atoms with Gasteiger partial charge in [-0.05, 0) is 18.1 Å². The largest absolute Gasteiger partial charge is 0.469 e. The average Bonchev–Trinajstić information content (AvgIpc) is 2.38. The highest BCUT2D eigenvalue weighted by Gasteiger charge is 2.19. The highest BCUT2D eigenvalue weighted by atomic mass is 35.5. The maximum Gasteiger partial charge on any atom is 0.307 e. The molecule has 1 rings (SSSR count). The van der Waals surface area contributed by atoms with E-state index in [2.05, 4.69) is 10.1 Å². The summed E-state index contributed by atoms with van der Waals surface area (Å²) in [7, 11) is 1.32. The predicted molar refractivity (Wildman–Crippen MR) is 69.4 cm³/mol. The lowest BCUT2D eigenvalue weighted by Crippen LogP contribution is -2.31. The Hall–Kier alpha value is -1.55. The van der Waals surface area contributed by atoms with Crippen LogP contribution in [0.15, 0.2) is 24.3 Å². The summed E-state index contributed by atoms with van der Waals surface area (Å²) in [6, 6.07) is 7.14. The number of hydrogen-bond acceptors (Lipinski definition) is 3. The molecule has 1 aromatic carbocycles. The van der Waals surface area contributed by atoms with Gasteiger partial charge in [-0.2, -0.15) is 0 Å². The van der Waals surface area contributed by atoms with Gasteiger partial charge in [0.15, 0.2) is 0 Å². The van der Waals surface area contributed by atoms with Crippen molar-refractivity contribution in [3.63, 3.8) is 0 Å². The first kappa shape index (κ1) is 14.5. The molecule has 0 aromatic heterocycles. The molecule has 0 aliphatic rings. The van der Waals surface area contributed by atoms with Crippen molar-refractivity contribution in [3.05, 3.63) is 35.4 Å². The van der Waals surface area contributed by atoms with E-state index in [0.29, 0.717) is 0 Å². The molecule has 0 bridgehead atoms. The predicted octanol–water partition coefficient (Wildman–Crippen LogP) is 1.95. The number of carbonyl (C=O) groups is 2. The summed E-state index contributed by atoms with van der Waals surface area (Å²) in [5.74, 6) is -0.823. The van der Waals surface area contributed by atoms with E-state index in [9.17, 15) is 9.59 Å². The summed E-state index contributed by atoms with van der Waals surface area (Å²) < 4.78 is 4.63. The number of aryl methyl sites for hydroxylation is 1. The van der Waals surface area contributed by atoms with Crippen molar-refractivity contribution in [3.8, 4) is 0 Å². The van der Waals surface area contributed by atoms with Crippen LogP contribution in [0.4, 0.5) is 0 Å². The Kier molecular flexibility index (Phi) is 5.65. The fraction of sp³-hybridized carbons (Fsp3) is 0.385.